The van der Waals surface area contributed by atoms with Gasteiger partial charge in [0.05, 0.1) is 32.2 Å². The highest BCUT2D eigenvalue weighted by atomic mass is 79.9. The Hall–Kier alpha value is -2.04. The van der Waals surface area contributed by atoms with E-state index in [1.807, 2.05) is 6.07 Å². The largest absolute Gasteiger partial charge is 0.480 e. The second kappa shape index (κ2) is 10.1. The summed E-state index contributed by atoms with van der Waals surface area (Å²) in [4.78, 5) is 29.0. The molecule has 0 amide bonds. The zero-order chi connectivity index (χ0) is 22.7. The molecule has 0 aliphatic rings. The van der Waals surface area contributed by atoms with Crippen LogP contribution in [0, 0.1) is 6.92 Å². The molecular weight excluding hydrogens is 598 g/mol. The number of aryl methyl sites for hydroxylation is 1. The maximum Gasteiger partial charge on any atom is 0.344 e. The fourth-order valence-corrected chi connectivity index (χ4v) is 4.55. The van der Waals surface area contributed by atoms with Crippen LogP contribution in [0.2, 0.25) is 0 Å². The Balaban J connectivity index is 1.86. The van der Waals surface area contributed by atoms with Gasteiger partial charge in [0.15, 0.2) is 6.61 Å². The Bertz CT molecular complexity index is 1220. The highest BCUT2D eigenvalue weighted by Crippen LogP contribution is 2.34. The first-order valence-corrected chi connectivity index (χ1v) is 11.6. The zero-order valence-electron chi connectivity index (χ0n) is 16.9. The summed E-state index contributed by atoms with van der Waals surface area (Å²) in [6, 6.07) is 8.88. The lowest BCUT2D eigenvalue weighted by atomic mass is 10.2. The number of halogens is 3. The molecule has 0 saturated heterocycles. The Morgan fingerprint density at radius 2 is 1.87 bits per heavy atom. The first-order chi connectivity index (χ1) is 14.7. The van der Waals surface area contributed by atoms with Gasteiger partial charge in [0, 0.05) is 4.47 Å². The van der Waals surface area contributed by atoms with E-state index in [9.17, 15) is 9.59 Å². The lowest BCUT2D eigenvalue weighted by Crippen LogP contribution is -2.20. The highest BCUT2D eigenvalue weighted by Gasteiger charge is 2.13. The third-order valence-corrected chi connectivity index (χ3v) is 5.69. The smallest absolute Gasteiger partial charge is 0.344 e. The lowest BCUT2D eigenvalue weighted by Gasteiger charge is -2.12. The van der Waals surface area contributed by atoms with Gasteiger partial charge in [-0.3, -0.25) is 4.79 Å². The number of hydrogen-bond acceptors (Lipinski definition) is 6. The van der Waals surface area contributed by atoms with E-state index in [0.717, 1.165) is 4.47 Å². The van der Waals surface area contributed by atoms with Crippen LogP contribution >= 0.6 is 47.8 Å². The molecule has 0 unspecified atom stereocenters. The average molecular weight is 616 g/mol. The predicted octanol–water partition coefficient (Wildman–Crippen LogP) is 5.21. The van der Waals surface area contributed by atoms with Gasteiger partial charge in [0.25, 0.3) is 5.56 Å². The fourth-order valence-electron chi connectivity index (χ4n) is 2.74. The van der Waals surface area contributed by atoms with Gasteiger partial charge < -0.3 is 9.47 Å². The van der Waals surface area contributed by atoms with Crippen LogP contribution in [0.4, 0.5) is 0 Å². The second-order valence-corrected chi connectivity index (χ2v) is 9.45. The van der Waals surface area contributed by atoms with Gasteiger partial charge >= 0.3 is 5.97 Å². The number of carbonyl (C=O) groups is 1. The van der Waals surface area contributed by atoms with Crippen molar-refractivity contribution >= 4 is 70.9 Å². The van der Waals surface area contributed by atoms with Gasteiger partial charge in [-0.05, 0) is 88.5 Å². The monoisotopic (exact) mass is 613 g/mol. The molecule has 0 fully saturated rings. The van der Waals surface area contributed by atoms with E-state index in [2.05, 4.69) is 57.9 Å². The molecule has 0 radical (unpaired) electrons. The van der Waals surface area contributed by atoms with Crippen LogP contribution in [-0.2, 0) is 9.53 Å². The summed E-state index contributed by atoms with van der Waals surface area (Å²) in [7, 11) is 0. The van der Waals surface area contributed by atoms with Crippen LogP contribution in [-0.4, -0.2) is 34.6 Å². The maximum atomic E-state index is 12.8. The van der Waals surface area contributed by atoms with Crippen LogP contribution in [0.3, 0.4) is 0 Å². The summed E-state index contributed by atoms with van der Waals surface area (Å²) in [6.45, 7) is 5.05. The van der Waals surface area contributed by atoms with Crippen LogP contribution in [0.25, 0.3) is 10.9 Å². The number of carbonyl (C=O) groups excluding carboxylic acids is 1. The number of esters is 1. The molecule has 3 aromatic rings. The summed E-state index contributed by atoms with van der Waals surface area (Å²) in [6.07, 6.45) is 1.34. The predicted molar refractivity (Wildman–Crippen MR) is 130 cm³/mol. The first kappa shape index (κ1) is 23.6. The van der Waals surface area contributed by atoms with Crippen molar-refractivity contribution in [3.8, 4) is 5.75 Å². The molecule has 3 rings (SSSR count). The number of ether oxygens (including phenoxy) is 2. The Morgan fingerprint density at radius 3 is 2.52 bits per heavy atom. The van der Waals surface area contributed by atoms with Gasteiger partial charge in [-0.25, -0.2) is 9.78 Å². The maximum absolute atomic E-state index is 12.8. The van der Waals surface area contributed by atoms with Crippen molar-refractivity contribution < 1.29 is 14.3 Å². The van der Waals surface area contributed by atoms with Gasteiger partial charge in [-0.15, -0.1) is 0 Å². The minimum absolute atomic E-state index is 0.209. The van der Waals surface area contributed by atoms with E-state index in [-0.39, 0.29) is 18.3 Å². The van der Waals surface area contributed by atoms with E-state index < -0.39 is 5.97 Å². The molecule has 31 heavy (non-hydrogen) atoms. The summed E-state index contributed by atoms with van der Waals surface area (Å²) in [5, 5.41) is 4.79. The minimum Gasteiger partial charge on any atom is -0.480 e. The van der Waals surface area contributed by atoms with Crippen molar-refractivity contribution in [3.05, 3.63) is 65.5 Å². The van der Waals surface area contributed by atoms with Crippen molar-refractivity contribution in [1.29, 1.82) is 0 Å². The van der Waals surface area contributed by atoms with Crippen molar-refractivity contribution in [2.45, 2.75) is 26.9 Å². The third kappa shape index (κ3) is 5.81. The molecule has 7 nitrogen and oxygen atoms in total. The molecule has 0 saturated carbocycles. The molecule has 0 aliphatic heterocycles. The molecule has 0 atom stereocenters. The third-order valence-electron chi connectivity index (χ3n) is 4.01. The number of nitrogens with zero attached hydrogens (tertiary/aromatic N) is 3. The Kier molecular flexibility index (Phi) is 7.66. The highest BCUT2D eigenvalue weighted by molar-refractivity contribution is 9.11. The average Bonchev–Trinajstić information content (AvgIpc) is 2.67. The fraction of sp³-hybridized carbons (Fsp3) is 0.238. The lowest BCUT2D eigenvalue weighted by molar-refractivity contribution is -0.149. The van der Waals surface area contributed by atoms with Gasteiger partial charge in [0.1, 0.15) is 11.6 Å². The van der Waals surface area contributed by atoms with Gasteiger partial charge in [-0.2, -0.15) is 9.78 Å². The van der Waals surface area contributed by atoms with Crippen molar-refractivity contribution in [2.24, 2.45) is 5.10 Å². The van der Waals surface area contributed by atoms with Gasteiger partial charge in [0.2, 0.25) is 0 Å². The zero-order valence-corrected chi connectivity index (χ0v) is 21.6. The second-order valence-electron chi connectivity index (χ2n) is 6.82. The molecule has 0 spiro atoms. The summed E-state index contributed by atoms with van der Waals surface area (Å²) in [5.74, 6) is 0.478. The van der Waals surface area contributed by atoms with Crippen LogP contribution in [0.15, 0.2) is 53.6 Å². The number of hydrogen-bond donors (Lipinski definition) is 0. The summed E-state index contributed by atoms with van der Waals surface area (Å²) in [5.41, 5.74) is 1.05. The molecule has 1 heterocycles. The topological polar surface area (TPSA) is 82.8 Å². The molecule has 10 heteroatoms. The van der Waals surface area contributed by atoms with E-state index >= 15 is 0 Å². The van der Waals surface area contributed by atoms with Crippen molar-refractivity contribution in [3.63, 3.8) is 0 Å². The molecular formula is C21H18Br3N3O4. The molecule has 2 aromatic carbocycles. The normalized spacial score (nSPS) is 11.5. The quantitative estimate of drug-likeness (QED) is 0.281. The minimum atomic E-state index is -0.454. The van der Waals surface area contributed by atoms with E-state index in [0.29, 0.717) is 37.0 Å². The van der Waals surface area contributed by atoms with E-state index in [1.165, 1.54) is 4.68 Å². The number of benzene rings is 2. The molecule has 0 bridgehead atoms. The Morgan fingerprint density at radius 1 is 1.19 bits per heavy atom. The number of aromatic nitrogens is 2. The van der Waals surface area contributed by atoms with Crippen LogP contribution in [0.1, 0.15) is 25.2 Å². The van der Waals surface area contributed by atoms with Crippen LogP contribution < -0.4 is 10.3 Å². The molecule has 0 N–H and O–H groups in total. The standard InChI is InChI=1S/C21H18Br3N3O4/c1-11(2)31-19(28)10-30-20-16(23)6-13(7-17(20)24)9-25-27-12(3)26-18-5-4-14(22)8-15(18)21(27)29/h4-9,11H,10H2,1-3H3. The summed E-state index contributed by atoms with van der Waals surface area (Å²) >= 11 is 10.3. The Labute approximate surface area is 203 Å². The molecule has 162 valence electrons. The van der Waals surface area contributed by atoms with Crippen molar-refractivity contribution in [1.82, 2.24) is 9.66 Å². The van der Waals surface area contributed by atoms with E-state index in [4.69, 9.17) is 9.47 Å². The SMILES string of the molecule is Cc1nc2ccc(Br)cc2c(=O)n1N=Cc1cc(Br)c(OCC(=O)OC(C)C)c(Br)c1. The number of rotatable bonds is 6. The number of fused-ring (bicyclic) bond motifs is 1. The van der Waals surface area contributed by atoms with Gasteiger partial charge in [-0.1, -0.05) is 15.9 Å². The van der Waals surface area contributed by atoms with Crippen LogP contribution in [0.5, 0.6) is 5.75 Å². The molecule has 0 aliphatic carbocycles. The first-order valence-electron chi connectivity index (χ1n) is 9.20. The van der Waals surface area contributed by atoms with Crippen molar-refractivity contribution in [2.75, 3.05) is 6.61 Å². The molecule has 1 aromatic heterocycles. The summed E-state index contributed by atoms with van der Waals surface area (Å²) < 4.78 is 13.9. The van der Waals surface area contributed by atoms with E-state index in [1.54, 1.807) is 51.3 Å².